The number of phenols is 1. The molecule has 3 heterocycles. The summed E-state index contributed by atoms with van der Waals surface area (Å²) < 4.78 is 23.1. The Morgan fingerprint density at radius 1 is 0.792 bits per heavy atom. The fraction of sp³-hybridized carbons (Fsp3) is 0.385. The number of hydrogen-bond donors (Lipinski definition) is 2. The Balaban J connectivity index is 1.52. The second-order valence-electron chi connectivity index (χ2n) is 12.7. The first-order chi connectivity index (χ1) is 23.3. The van der Waals surface area contributed by atoms with E-state index in [2.05, 4.69) is 9.55 Å². The number of benzene rings is 2. The third kappa shape index (κ3) is 8.39. The van der Waals surface area contributed by atoms with Gasteiger partial charge in [-0.3, -0.25) is 4.79 Å². The number of imidazole rings is 1. The maximum atomic E-state index is 14.3. The molecule has 0 bridgehead atoms. The number of aromatic nitrogens is 3. The van der Waals surface area contributed by atoms with Crippen molar-refractivity contribution in [2.24, 2.45) is 0 Å². The summed E-state index contributed by atoms with van der Waals surface area (Å²) in [7, 11) is 0. The third-order valence-electron chi connectivity index (χ3n) is 8.42. The van der Waals surface area contributed by atoms with Crippen LogP contribution < -0.4 is 14.9 Å². The second kappa shape index (κ2) is 16.4. The van der Waals surface area contributed by atoms with Crippen LogP contribution in [-0.4, -0.2) is 37.5 Å². The number of aliphatic hydroxyl groups is 1. The Kier molecular flexibility index (Phi) is 11.8. The van der Waals surface area contributed by atoms with E-state index in [0.29, 0.717) is 65.2 Å². The Morgan fingerprint density at radius 3 is 1.96 bits per heavy atom. The highest BCUT2D eigenvalue weighted by molar-refractivity contribution is 5.97. The van der Waals surface area contributed by atoms with Crippen molar-refractivity contribution >= 4 is 21.9 Å². The van der Waals surface area contributed by atoms with Crippen LogP contribution in [0.2, 0.25) is 0 Å². The van der Waals surface area contributed by atoms with E-state index >= 15 is 0 Å². The molecule has 0 aliphatic carbocycles. The number of fused-ring (bicyclic) bond motifs is 2. The van der Waals surface area contributed by atoms with Crippen LogP contribution in [0.3, 0.4) is 0 Å². The molecule has 0 atom stereocenters. The minimum Gasteiger partial charge on any atom is -0.507 e. The number of rotatable bonds is 17. The normalized spacial score (nSPS) is 11.3. The van der Waals surface area contributed by atoms with Gasteiger partial charge in [0.05, 0.1) is 31.5 Å². The molecule has 48 heavy (non-hydrogen) atoms. The Bertz CT molecular complexity index is 1930. The summed E-state index contributed by atoms with van der Waals surface area (Å²) in [6, 6.07) is 7.44. The van der Waals surface area contributed by atoms with Crippen LogP contribution in [0.1, 0.15) is 70.1 Å². The van der Waals surface area contributed by atoms with E-state index in [4.69, 9.17) is 13.9 Å². The number of aliphatic hydroxyl groups excluding tert-OH is 1. The summed E-state index contributed by atoms with van der Waals surface area (Å²) in [5, 5.41) is 22.7. The number of hydrogen-bond acceptors (Lipinski definition) is 7. The Morgan fingerprint density at radius 2 is 1.38 bits per heavy atom. The first kappa shape index (κ1) is 34.6. The summed E-state index contributed by atoms with van der Waals surface area (Å²) in [6.07, 6.45) is 17.8. The minimum atomic E-state index is -0.348. The largest absolute Gasteiger partial charge is 0.507 e. The molecule has 0 aliphatic heterocycles. The zero-order valence-electron chi connectivity index (χ0n) is 28.5. The second-order valence-corrected chi connectivity index (χ2v) is 12.7. The molecule has 5 aromatic rings. The van der Waals surface area contributed by atoms with Gasteiger partial charge in [-0.05, 0) is 83.9 Å². The van der Waals surface area contributed by atoms with Gasteiger partial charge in [-0.25, -0.2) is 4.98 Å². The standard InChI is InChI=1S/C39H47N3O6/c1-27(2)11-13-29-31(25-43)33(47-22-10-8-19-42-20-15-40-26-42)24-34-36(29)39(45)37-35(48-34)23-32(30(38(37)44)14-12-28(3)4)46-21-9-7-18-41-16-5-6-17-41/h5-6,11-12,15-17,20,23-24,26,43-44H,7-10,13-14,18-19,21-22,25H2,1-4H3. The molecule has 0 amide bonds. The Hall–Kier alpha value is -4.76. The van der Waals surface area contributed by atoms with Crippen molar-refractivity contribution in [1.82, 2.24) is 14.1 Å². The summed E-state index contributed by atoms with van der Waals surface area (Å²) in [5.41, 5.74) is 4.12. The van der Waals surface area contributed by atoms with Crippen molar-refractivity contribution < 1.29 is 24.1 Å². The molecular formula is C39H47N3O6. The van der Waals surface area contributed by atoms with E-state index in [1.165, 1.54) is 0 Å². The quantitative estimate of drug-likeness (QED) is 0.0597. The summed E-state index contributed by atoms with van der Waals surface area (Å²) >= 11 is 0. The molecule has 2 aromatic carbocycles. The number of aromatic hydroxyl groups is 1. The van der Waals surface area contributed by atoms with Gasteiger partial charge in [0.25, 0.3) is 0 Å². The highest BCUT2D eigenvalue weighted by Gasteiger charge is 2.23. The van der Waals surface area contributed by atoms with Gasteiger partial charge in [0.15, 0.2) is 0 Å². The molecule has 0 spiro atoms. The van der Waals surface area contributed by atoms with E-state index in [1.54, 1.807) is 24.7 Å². The predicted octanol–water partition coefficient (Wildman–Crippen LogP) is 7.88. The SMILES string of the molecule is CC(C)=CCc1c(OCCCCn2cccc2)cc2oc3cc(OCCCCn4ccnc4)c(CO)c(CC=C(C)C)c3c(=O)c2c1O. The minimum absolute atomic E-state index is 0.107. The van der Waals surface area contributed by atoms with Crippen molar-refractivity contribution in [2.75, 3.05) is 13.2 Å². The lowest BCUT2D eigenvalue weighted by Gasteiger charge is -2.18. The smallest absolute Gasteiger partial charge is 0.204 e. The lowest BCUT2D eigenvalue weighted by molar-refractivity contribution is 0.258. The van der Waals surface area contributed by atoms with E-state index in [0.717, 1.165) is 49.9 Å². The molecule has 9 nitrogen and oxygen atoms in total. The van der Waals surface area contributed by atoms with Crippen LogP contribution in [0.15, 0.2) is 87.9 Å². The van der Waals surface area contributed by atoms with E-state index < -0.39 is 0 Å². The zero-order chi connectivity index (χ0) is 34.0. The van der Waals surface area contributed by atoms with Gasteiger partial charge in [0.1, 0.15) is 33.8 Å². The molecule has 5 rings (SSSR count). The average molecular weight is 654 g/mol. The van der Waals surface area contributed by atoms with Crippen LogP contribution in [0, 0.1) is 0 Å². The number of allylic oxidation sites excluding steroid dienone is 4. The molecule has 0 unspecified atom stereocenters. The maximum absolute atomic E-state index is 14.3. The van der Waals surface area contributed by atoms with Crippen LogP contribution in [0.5, 0.6) is 17.2 Å². The first-order valence-corrected chi connectivity index (χ1v) is 16.8. The van der Waals surface area contributed by atoms with Gasteiger partial charge in [-0.15, -0.1) is 0 Å². The number of aryl methyl sites for hydroxylation is 2. The third-order valence-corrected chi connectivity index (χ3v) is 8.42. The van der Waals surface area contributed by atoms with Crippen molar-refractivity contribution in [1.29, 1.82) is 0 Å². The molecule has 9 heteroatoms. The van der Waals surface area contributed by atoms with Crippen molar-refractivity contribution in [3.8, 4) is 17.2 Å². The number of nitrogens with zero attached hydrogens (tertiary/aromatic N) is 3. The van der Waals surface area contributed by atoms with E-state index in [-0.39, 0.29) is 28.8 Å². The van der Waals surface area contributed by atoms with Crippen molar-refractivity contribution in [2.45, 2.75) is 85.9 Å². The molecule has 0 fully saturated rings. The highest BCUT2D eigenvalue weighted by atomic mass is 16.5. The molecule has 0 radical (unpaired) electrons. The molecule has 254 valence electrons. The van der Waals surface area contributed by atoms with Crippen molar-refractivity contribution in [3.63, 3.8) is 0 Å². The lowest BCUT2D eigenvalue weighted by Crippen LogP contribution is -2.11. The van der Waals surface area contributed by atoms with Gasteiger partial charge in [-0.1, -0.05) is 23.3 Å². The average Bonchev–Trinajstić information content (AvgIpc) is 3.77. The van der Waals surface area contributed by atoms with E-state index in [1.807, 2.05) is 75.1 Å². The molecule has 0 saturated heterocycles. The topological polar surface area (TPSA) is 112 Å². The molecule has 0 saturated carbocycles. The monoisotopic (exact) mass is 653 g/mol. The van der Waals surface area contributed by atoms with Gasteiger partial charge < -0.3 is 33.2 Å². The van der Waals surface area contributed by atoms with Gasteiger partial charge >= 0.3 is 0 Å². The van der Waals surface area contributed by atoms with Crippen LogP contribution >= 0.6 is 0 Å². The van der Waals surface area contributed by atoms with Crippen LogP contribution in [-0.2, 0) is 32.5 Å². The maximum Gasteiger partial charge on any atom is 0.204 e. The van der Waals surface area contributed by atoms with Gasteiger partial charge in [0, 0.05) is 61.1 Å². The summed E-state index contributed by atoms with van der Waals surface area (Å²) in [6.45, 7) is 10.3. The van der Waals surface area contributed by atoms with Gasteiger partial charge in [0.2, 0.25) is 5.43 Å². The van der Waals surface area contributed by atoms with Gasteiger partial charge in [-0.2, -0.15) is 0 Å². The number of ether oxygens (including phenoxy) is 2. The lowest BCUT2D eigenvalue weighted by atomic mass is 9.95. The number of unbranched alkanes of at least 4 members (excludes halogenated alkanes) is 2. The summed E-state index contributed by atoms with van der Waals surface area (Å²) in [5.74, 6) is 0.836. The van der Waals surface area contributed by atoms with Crippen molar-refractivity contribution in [3.05, 3.63) is 106 Å². The zero-order valence-corrected chi connectivity index (χ0v) is 28.5. The van der Waals surface area contributed by atoms with Crippen LogP contribution in [0.25, 0.3) is 21.9 Å². The van der Waals surface area contributed by atoms with Crippen LogP contribution in [0.4, 0.5) is 0 Å². The molecular weight excluding hydrogens is 606 g/mol. The fourth-order valence-electron chi connectivity index (χ4n) is 5.82. The fourth-order valence-corrected chi connectivity index (χ4v) is 5.82. The summed E-state index contributed by atoms with van der Waals surface area (Å²) in [4.78, 5) is 18.4. The van der Waals surface area contributed by atoms with E-state index in [9.17, 15) is 15.0 Å². The number of phenolic OH excluding ortho intramolecular Hbond substituents is 1. The highest BCUT2D eigenvalue weighted by Crippen LogP contribution is 2.39. The molecule has 2 N–H and O–H groups in total. The molecule has 0 aliphatic rings. The predicted molar refractivity (Wildman–Crippen MR) is 190 cm³/mol. The first-order valence-electron chi connectivity index (χ1n) is 16.8. The Labute approximate surface area is 281 Å². The molecule has 3 aromatic heterocycles.